The van der Waals surface area contributed by atoms with Crippen molar-refractivity contribution in [1.29, 1.82) is 0 Å². The maximum absolute atomic E-state index is 3.67. The summed E-state index contributed by atoms with van der Waals surface area (Å²) in [5.74, 6) is 0.926. The van der Waals surface area contributed by atoms with Gasteiger partial charge in [-0.2, -0.15) is 0 Å². The highest BCUT2D eigenvalue weighted by Gasteiger charge is 2.17. The predicted octanol–water partition coefficient (Wildman–Crippen LogP) is 4.88. The largest absolute Gasteiger partial charge is 0.310 e. The third-order valence-electron chi connectivity index (χ3n) is 3.59. The van der Waals surface area contributed by atoms with E-state index in [1.165, 1.54) is 31.2 Å². The van der Waals surface area contributed by atoms with Crippen LogP contribution < -0.4 is 5.32 Å². The van der Waals surface area contributed by atoms with Gasteiger partial charge in [-0.15, -0.1) is 0 Å². The molecule has 1 fully saturated rings. The Kier molecular flexibility index (Phi) is 5.07. The number of nitrogens with one attached hydrogen (secondary N) is 1. The minimum Gasteiger partial charge on any atom is -0.310 e. The van der Waals surface area contributed by atoms with Gasteiger partial charge >= 0.3 is 0 Å². The summed E-state index contributed by atoms with van der Waals surface area (Å²) in [6, 6.07) is 7.17. The van der Waals surface area contributed by atoms with Gasteiger partial charge in [-0.1, -0.05) is 13.0 Å². The lowest BCUT2D eigenvalue weighted by Gasteiger charge is -2.27. The summed E-state index contributed by atoms with van der Waals surface area (Å²) in [6.45, 7) is 3.34. The van der Waals surface area contributed by atoms with Crippen LogP contribution >= 0.6 is 31.9 Å². The molecule has 94 valence electrons. The maximum atomic E-state index is 3.67. The van der Waals surface area contributed by atoms with E-state index in [0.29, 0.717) is 6.04 Å². The van der Waals surface area contributed by atoms with Crippen LogP contribution in [0.5, 0.6) is 0 Å². The first-order chi connectivity index (χ1) is 8.15. The van der Waals surface area contributed by atoms with Crippen LogP contribution in [0.1, 0.15) is 38.2 Å². The van der Waals surface area contributed by atoms with E-state index in [2.05, 4.69) is 62.3 Å². The van der Waals surface area contributed by atoms with Crippen LogP contribution in [0.4, 0.5) is 0 Å². The summed E-state index contributed by atoms with van der Waals surface area (Å²) < 4.78 is 2.25. The average molecular weight is 361 g/mol. The van der Waals surface area contributed by atoms with Gasteiger partial charge in [0.1, 0.15) is 0 Å². The first-order valence-corrected chi connectivity index (χ1v) is 7.91. The maximum Gasteiger partial charge on any atom is 0.0320 e. The highest BCUT2D eigenvalue weighted by molar-refractivity contribution is 9.13. The molecule has 0 unspecified atom stereocenters. The summed E-state index contributed by atoms with van der Waals surface area (Å²) >= 11 is 7.04. The van der Waals surface area contributed by atoms with Gasteiger partial charge in [0.15, 0.2) is 0 Å². The van der Waals surface area contributed by atoms with E-state index in [1.54, 1.807) is 0 Å². The molecule has 1 aromatic carbocycles. The molecule has 1 N–H and O–H groups in total. The van der Waals surface area contributed by atoms with Crippen molar-refractivity contribution >= 4 is 31.9 Å². The Balaban J connectivity index is 1.83. The van der Waals surface area contributed by atoms with Gasteiger partial charge in [-0.3, -0.25) is 0 Å². The Labute approximate surface area is 121 Å². The van der Waals surface area contributed by atoms with Crippen molar-refractivity contribution in [3.63, 3.8) is 0 Å². The Morgan fingerprint density at radius 1 is 1.12 bits per heavy atom. The van der Waals surface area contributed by atoms with Crippen molar-refractivity contribution in [2.75, 3.05) is 0 Å². The van der Waals surface area contributed by atoms with Gasteiger partial charge in [0.2, 0.25) is 0 Å². The molecule has 17 heavy (non-hydrogen) atoms. The van der Waals surface area contributed by atoms with E-state index in [4.69, 9.17) is 0 Å². The van der Waals surface area contributed by atoms with Crippen LogP contribution in [0, 0.1) is 5.92 Å². The number of rotatable bonds is 3. The normalized spacial score (nSPS) is 24.9. The molecule has 1 aliphatic rings. The molecule has 1 aromatic rings. The molecular weight excluding hydrogens is 342 g/mol. The molecule has 0 atom stereocenters. The van der Waals surface area contributed by atoms with Crippen LogP contribution in [0.15, 0.2) is 27.1 Å². The van der Waals surface area contributed by atoms with Crippen molar-refractivity contribution in [2.45, 2.75) is 45.2 Å². The summed E-state index contributed by atoms with van der Waals surface area (Å²) in [6.07, 6.45) is 5.42. The Hall–Kier alpha value is 0.140. The van der Waals surface area contributed by atoms with Crippen molar-refractivity contribution in [2.24, 2.45) is 5.92 Å². The molecule has 0 radical (unpaired) electrons. The van der Waals surface area contributed by atoms with E-state index in [1.807, 2.05) is 0 Å². The molecule has 0 spiro atoms. The third kappa shape index (κ3) is 4.08. The van der Waals surface area contributed by atoms with Gasteiger partial charge < -0.3 is 5.32 Å². The van der Waals surface area contributed by atoms with E-state index < -0.39 is 0 Å². The fourth-order valence-electron chi connectivity index (χ4n) is 2.38. The topological polar surface area (TPSA) is 12.0 Å². The number of benzene rings is 1. The summed E-state index contributed by atoms with van der Waals surface area (Å²) in [4.78, 5) is 0. The van der Waals surface area contributed by atoms with E-state index in [0.717, 1.165) is 21.4 Å². The van der Waals surface area contributed by atoms with Gasteiger partial charge in [0.05, 0.1) is 0 Å². The first kappa shape index (κ1) is 13.6. The van der Waals surface area contributed by atoms with Crippen molar-refractivity contribution in [3.8, 4) is 0 Å². The Morgan fingerprint density at radius 3 is 2.47 bits per heavy atom. The number of hydrogen-bond acceptors (Lipinski definition) is 1. The van der Waals surface area contributed by atoms with Crippen LogP contribution in [0.3, 0.4) is 0 Å². The highest BCUT2D eigenvalue weighted by Crippen LogP contribution is 2.25. The summed E-state index contributed by atoms with van der Waals surface area (Å²) in [5.41, 5.74) is 1.35. The Morgan fingerprint density at radius 2 is 1.82 bits per heavy atom. The van der Waals surface area contributed by atoms with Crippen molar-refractivity contribution in [3.05, 3.63) is 32.7 Å². The molecule has 2 rings (SSSR count). The van der Waals surface area contributed by atoms with Crippen LogP contribution in [-0.4, -0.2) is 6.04 Å². The fourth-order valence-corrected chi connectivity index (χ4v) is 3.05. The Bertz CT molecular complexity index is 370. The molecule has 0 saturated heterocycles. The minimum absolute atomic E-state index is 0.716. The molecule has 3 heteroatoms. The predicted molar refractivity (Wildman–Crippen MR) is 80.1 cm³/mol. The zero-order valence-corrected chi connectivity index (χ0v) is 13.4. The average Bonchev–Trinajstić information content (AvgIpc) is 2.33. The summed E-state index contributed by atoms with van der Waals surface area (Å²) in [7, 11) is 0. The van der Waals surface area contributed by atoms with Gasteiger partial charge in [-0.05, 0) is 81.2 Å². The smallest absolute Gasteiger partial charge is 0.0320 e. The molecule has 0 aliphatic heterocycles. The minimum atomic E-state index is 0.716. The van der Waals surface area contributed by atoms with Crippen LogP contribution in [0.2, 0.25) is 0 Å². The quantitative estimate of drug-likeness (QED) is 0.809. The second kappa shape index (κ2) is 6.35. The summed E-state index contributed by atoms with van der Waals surface area (Å²) in [5, 5.41) is 3.67. The standard InChI is InChI=1S/C14H19Br2N/c1-10-2-5-12(6-3-10)17-9-11-4-7-13(15)14(16)8-11/h4,7-8,10,12,17H,2-3,5-6,9H2,1H3. The first-order valence-electron chi connectivity index (χ1n) is 6.32. The van der Waals surface area contributed by atoms with Gasteiger partial charge in [-0.25, -0.2) is 0 Å². The number of hydrogen-bond donors (Lipinski definition) is 1. The van der Waals surface area contributed by atoms with E-state index in [-0.39, 0.29) is 0 Å². The molecule has 1 saturated carbocycles. The SMILES string of the molecule is CC1CCC(NCc2ccc(Br)c(Br)c2)CC1. The second-order valence-electron chi connectivity index (χ2n) is 5.09. The lowest BCUT2D eigenvalue weighted by atomic mass is 9.87. The zero-order valence-electron chi connectivity index (χ0n) is 10.2. The van der Waals surface area contributed by atoms with E-state index >= 15 is 0 Å². The molecule has 0 bridgehead atoms. The fraction of sp³-hybridized carbons (Fsp3) is 0.571. The van der Waals surface area contributed by atoms with Crippen LogP contribution in [-0.2, 0) is 6.54 Å². The lowest BCUT2D eigenvalue weighted by molar-refractivity contribution is 0.306. The number of halogens is 2. The molecule has 1 aliphatic carbocycles. The second-order valence-corrected chi connectivity index (χ2v) is 6.79. The van der Waals surface area contributed by atoms with E-state index in [9.17, 15) is 0 Å². The van der Waals surface area contributed by atoms with Crippen molar-refractivity contribution < 1.29 is 0 Å². The molecule has 0 amide bonds. The monoisotopic (exact) mass is 359 g/mol. The molecule has 0 heterocycles. The molecule has 1 nitrogen and oxygen atoms in total. The molecular formula is C14H19Br2N. The van der Waals surface area contributed by atoms with Crippen molar-refractivity contribution in [1.82, 2.24) is 5.32 Å². The van der Waals surface area contributed by atoms with Gasteiger partial charge in [0, 0.05) is 21.5 Å². The van der Waals surface area contributed by atoms with Gasteiger partial charge in [0.25, 0.3) is 0 Å². The lowest BCUT2D eigenvalue weighted by Crippen LogP contribution is -2.32. The molecule has 0 aromatic heterocycles. The highest BCUT2D eigenvalue weighted by atomic mass is 79.9. The zero-order chi connectivity index (χ0) is 12.3. The van der Waals surface area contributed by atoms with Crippen LogP contribution in [0.25, 0.3) is 0 Å². The third-order valence-corrected chi connectivity index (χ3v) is 5.47.